The number of imide groups is 1. The maximum absolute atomic E-state index is 13.3. The fourth-order valence-electron chi connectivity index (χ4n) is 5.29. The minimum Gasteiger partial charge on any atom is -0.415 e. The molecule has 200 valence electrons. The Morgan fingerprint density at radius 2 is 1.68 bits per heavy atom. The van der Waals surface area contributed by atoms with Crippen LogP contribution in [-0.2, 0) is 9.59 Å². The molecule has 0 aliphatic heterocycles. The van der Waals surface area contributed by atoms with Crippen LogP contribution in [0.25, 0.3) is 0 Å². The molecule has 2 aliphatic rings. The van der Waals surface area contributed by atoms with Gasteiger partial charge < -0.3 is 9.73 Å². The molecule has 1 heterocycles. The smallest absolute Gasteiger partial charge is 0.276 e. The van der Waals surface area contributed by atoms with Gasteiger partial charge in [0.15, 0.2) is 0 Å². The maximum Gasteiger partial charge on any atom is 0.276 e. The van der Waals surface area contributed by atoms with Crippen LogP contribution in [0.1, 0.15) is 100 Å². The summed E-state index contributed by atoms with van der Waals surface area (Å²) in [5.41, 5.74) is 0.554. The zero-order valence-electron chi connectivity index (χ0n) is 21.8. The zero-order valence-corrected chi connectivity index (χ0v) is 22.6. The second kappa shape index (κ2) is 13.2. The summed E-state index contributed by atoms with van der Waals surface area (Å²) in [6.45, 7) is 4.04. The second-order valence-electron chi connectivity index (χ2n) is 10.7. The summed E-state index contributed by atoms with van der Waals surface area (Å²) in [5.74, 6) is -1.69. The predicted molar refractivity (Wildman–Crippen MR) is 142 cm³/mol. The second-order valence-corrected chi connectivity index (χ2v) is 11.9. The molecule has 0 saturated heterocycles. The lowest BCUT2D eigenvalue weighted by Crippen LogP contribution is -2.50. The monoisotopic (exact) mass is 526 g/mol. The first kappa shape index (κ1) is 27.4. The molecule has 2 fully saturated rings. The average Bonchev–Trinajstić information content (AvgIpc) is 3.36. The van der Waals surface area contributed by atoms with E-state index in [9.17, 15) is 14.4 Å². The van der Waals surface area contributed by atoms with E-state index in [1.165, 1.54) is 19.3 Å². The standard InChI is InChI=1S/C28H38N4O4S/c1-18(2)17-22(27-31-32-28(36-27)37-20-13-7-4-8-14-20)26(35)30-25(34)21-15-9-10-16-23(21)29-24(33)19-11-5-3-6-12-19/h3,5-6,11-12,18,20-23H,4,7-10,13-17H2,1-2H3,(H,29,33)(H,30,34,35)/t21-,22-,23+/m1/s1. The molecule has 2 aromatic rings. The van der Waals surface area contributed by atoms with E-state index in [1.54, 1.807) is 23.9 Å². The molecule has 4 rings (SSSR count). The number of aromatic nitrogens is 2. The molecule has 1 aromatic carbocycles. The molecule has 0 bridgehead atoms. The van der Waals surface area contributed by atoms with Crippen molar-refractivity contribution in [2.45, 2.75) is 100 Å². The highest BCUT2D eigenvalue weighted by atomic mass is 32.2. The summed E-state index contributed by atoms with van der Waals surface area (Å²) in [4.78, 5) is 39.3. The number of rotatable bonds is 9. The lowest BCUT2D eigenvalue weighted by Gasteiger charge is -2.31. The van der Waals surface area contributed by atoms with Crippen LogP contribution in [0.4, 0.5) is 0 Å². The number of thioether (sulfide) groups is 1. The molecule has 3 atom stereocenters. The number of amides is 3. The number of nitrogens with zero attached hydrogens (tertiary/aromatic N) is 2. The van der Waals surface area contributed by atoms with Crippen LogP contribution in [0.3, 0.4) is 0 Å². The Bertz CT molecular complexity index is 1050. The minimum atomic E-state index is -0.696. The lowest BCUT2D eigenvalue weighted by atomic mass is 9.83. The molecule has 0 spiro atoms. The quantitative estimate of drug-likeness (QED) is 0.458. The van der Waals surface area contributed by atoms with Gasteiger partial charge in [0.1, 0.15) is 5.92 Å². The summed E-state index contributed by atoms with van der Waals surface area (Å²) in [6, 6.07) is 8.65. The van der Waals surface area contributed by atoms with Gasteiger partial charge in [0.2, 0.25) is 17.7 Å². The molecule has 2 N–H and O–H groups in total. The van der Waals surface area contributed by atoms with Gasteiger partial charge in [-0.15, -0.1) is 10.2 Å². The number of carbonyl (C=O) groups is 3. The molecular weight excluding hydrogens is 488 g/mol. The number of nitrogens with one attached hydrogen (secondary N) is 2. The van der Waals surface area contributed by atoms with Gasteiger partial charge in [0.25, 0.3) is 11.1 Å². The minimum absolute atomic E-state index is 0.194. The van der Waals surface area contributed by atoms with Gasteiger partial charge in [-0.25, -0.2) is 0 Å². The van der Waals surface area contributed by atoms with Crippen LogP contribution in [0, 0.1) is 11.8 Å². The van der Waals surface area contributed by atoms with Gasteiger partial charge in [-0.1, -0.05) is 75.9 Å². The van der Waals surface area contributed by atoms with Crippen molar-refractivity contribution >= 4 is 29.5 Å². The zero-order chi connectivity index (χ0) is 26.2. The highest BCUT2D eigenvalue weighted by molar-refractivity contribution is 7.99. The van der Waals surface area contributed by atoms with Crippen molar-refractivity contribution in [2.75, 3.05) is 0 Å². The molecule has 2 saturated carbocycles. The highest BCUT2D eigenvalue weighted by Crippen LogP contribution is 2.34. The van der Waals surface area contributed by atoms with E-state index in [0.29, 0.717) is 35.3 Å². The Morgan fingerprint density at radius 1 is 0.973 bits per heavy atom. The van der Waals surface area contributed by atoms with Crippen molar-refractivity contribution in [2.24, 2.45) is 11.8 Å². The Hall–Kier alpha value is -2.68. The van der Waals surface area contributed by atoms with E-state index in [-0.39, 0.29) is 29.7 Å². The summed E-state index contributed by atoms with van der Waals surface area (Å²) < 4.78 is 5.93. The fraction of sp³-hybridized carbons (Fsp3) is 0.607. The SMILES string of the molecule is CC(C)C[C@H](C(=O)NC(=O)[C@@H]1CCCC[C@@H]1NC(=O)c1ccccc1)c1nnc(SC2CCCCC2)o1. The highest BCUT2D eigenvalue weighted by Gasteiger charge is 2.36. The third-order valence-electron chi connectivity index (χ3n) is 7.27. The molecular formula is C28H38N4O4S. The van der Waals surface area contributed by atoms with Gasteiger partial charge in [0, 0.05) is 16.9 Å². The van der Waals surface area contributed by atoms with Crippen LogP contribution in [0.5, 0.6) is 0 Å². The summed E-state index contributed by atoms with van der Waals surface area (Å²) in [7, 11) is 0. The van der Waals surface area contributed by atoms with Gasteiger partial charge in [-0.2, -0.15) is 0 Å². The van der Waals surface area contributed by atoms with Crippen molar-refractivity contribution in [3.8, 4) is 0 Å². The molecule has 1 aromatic heterocycles. The van der Waals surface area contributed by atoms with Crippen LogP contribution in [-0.4, -0.2) is 39.2 Å². The van der Waals surface area contributed by atoms with Crippen molar-refractivity contribution in [1.29, 1.82) is 0 Å². The first-order chi connectivity index (χ1) is 17.9. The Labute approximate surface area is 223 Å². The topological polar surface area (TPSA) is 114 Å². The summed E-state index contributed by atoms with van der Waals surface area (Å²) >= 11 is 1.59. The van der Waals surface area contributed by atoms with E-state index < -0.39 is 17.7 Å². The fourth-order valence-corrected chi connectivity index (χ4v) is 6.36. The Balaban J connectivity index is 1.41. The van der Waals surface area contributed by atoms with E-state index in [4.69, 9.17) is 4.42 Å². The van der Waals surface area contributed by atoms with E-state index in [0.717, 1.165) is 25.7 Å². The van der Waals surface area contributed by atoms with E-state index >= 15 is 0 Å². The normalized spacial score (nSPS) is 21.4. The number of hydrogen-bond donors (Lipinski definition) is 2. The maximum atomic E-state index is 13.3. The molecule has 8 nitrogen and oxygen atoms in total. The average molecular weight is 527 g/mol. The first-order valence-electron chi connectivity index (χ1n) is 13.6. The largest absolute Gasteiger partial charge is 0.415 e. The first-order valence-corrected chi connectivity index (χ1v) is 14.5. The summed E-state index contributed by atoms with van der Waals surface area (Å²) in [5, 5.41) is 15.0. The number of benzene rings is 1. The van der Waals surface area contributed by atoms with Gasteiger partial charge in [-0.05, 0) is 50.2 Å². The van der Waals surface area contributed by atoms with Crippen molar-refractivity contribution in [1.82, 2.24) is 20.8 Å². The van der Waals surface area contributed by atoms with Crippen LogP contribution in [0.15, 0.2) is 40.0 Å². The summed E-state index contributed by atoms with van der Waals surface area (Å²) in [6.07, 6.45) is 9.60. The number of carbonyl (C=O) groups excluding carboxylic acids is 3. The van der Waals surface area contributed by atoms with Crippen molar-refractivity contribution < 1.29 is 18.8 Å². The van der Waals surface area contributed by atoms with Crippen LogP contribution < -0.4 is 10.6 Å². The molecule has 37 heavy (non-hydrogen) atoms. The van der Waals surface area contributed by atoms with Crippen molar-refractivity contribution in [3.05, 3.63) is 41.8 Å². The third-order valence-corrected chi connectivity index (χ3v) is 8.44. The van der Waals surface area contributed by atoms with Crippen LogP contribution >= 0.6 is 11.8 Å². The van der Waals surface area contributed by atoms with Gasteiger partial charge >= 0.3 is 0 Å². The molecule has 0 radical (unpaired) electrons. The molecule has 2 aliphatic carbocycles. The van der Waals surface area contributed by atoms with Crippen molar-refractivity contribution in [3.63, 3.8) is 0 Å². The van der Waals surface area contributed by atoms with Gasteiger partial charge in [-0.3, -0.25) is 19.7 Å². The Morgan fingerprint density at radius 3 is 2.41 bits per heavy atom. The molecule has 9 heteroatoms. The molecule has 3 amide bonds. The van der Waals surface area contributed by atoms with E-state index in [2.05, 4.69) is 20.8 Å². The van der Waals surface area contributed by atoms with Gasteiger partial charge in [0.05, 0.1) is 5.92 Å². The predicted octanol–water partition coefficient (Wildman–Crippen LogP) is 5.26. The Kier molecular flexibility index (Phi) is 9.77. The van der Waals surface area contributed by atoms with E-state index in [1.807, 2.05) is 32.0 Å². The molecule has 0 unspecified atom stereocenters. The lowest BCUT2D eigenvalue weighted by molar-refractivity contribution is -0.135. The third kappa shape index (κ3) is 7.66. The van der Waals surface area contributed by atoms with Crippen LogP contribution in [0.2, 0.25) is 0 Å². The number of hydrogen-bond acceptors (Lipinski definition) is 7.